The van der Waals surface area contributed by atoms with Crippen molar-refractivity contribution in [2.45, 2.75) is 25.0 Å². The minimum atomic E-state index is -0.567. The van der Waals surface area contributed by atoms with Gasteiger partial charge in [0.05, 0.1) is 15.3 Å². The average molecular weight is 486 g/mol. The molecule has 1 aliphatic rings. The van der Waals surface area contributed by atoms with E-state index in [2.05, 4.69) is 11.9 Å². The average Bonchev–Trinajstić information content (AvgIpc) is 3.11. The Hall–Kier alpha value is -2.72. The molecule has 1 fully saturated rings. The molecule has 164 valence electrons. The number of aryl methyl sites for hydroxylation is 1. The fraction of sp³-hybridized carbons (Fsp3) is 0.208. The molecule has 0 aliphatic carbocycles. The van der Waals surface area contributed by atoms with Gasteiger partial charge in [0.25, 0.3) is 5.91 Å². The molecular formula is C24H21Cl2N3O2S. The number of rotatable bonds is 7. The van der Waals surface area contributed by atoms with Crippen molar-refractivity contribution in [3.63, 3.8) is 0 Å². The van der Waals surface area contributed by atoms with E-state index >= 15 is 0 Å². The number of nitriles is 1. The Balaban J connectivity index is 2.05. The van der Waals surface area contributed by atoms with Gasteiger partial charge in [0.2, 0.25) is 5.91 Å². The van der Waals surface area contributed by atoms with Gasteiger partial charge in [0, 0.05) is 12.2 Å². The molecule has 1 heterocycles. The first-order valence-corrected chi connectivity index (χ1v) is 11.6. The predicted octanol–water partition coefficient (Wildman–Crippen LogP) is 5.28. The Morgan fingerprint density at radius 3 is 2.62 bits per heavy atom. The van der Waals surface area contributed by atoms with Gasteiger partial charge in [-0.1, -0.05) is 72.2 Å². The van der Waals surface area contributed by atoms with Crippen LogP contribution in [0.2, 0.25) is 10.0 Å². The number of nitrogens with one attached hydrogen (secondary N) is 1. The topological polar surface area (TPSA) is 73.2 Å². The van der Waals surface area contributed by atoms with E-state index in [0.717, 1.165) is 17.5 Å². The lowest BCUT2D eigenvalue weighted by Crippen LogP contribution is -2.32. The van der Waals surface area contributed by atoms with Crippen LogP contribution in [0.3, 0.4) is 0 Å². The Bertz CT molecular complexity index is 1120. The number of nitrogens with zero attached hydrogens (tertiary/aromatic N) is 2. The summed E-state index contributed by atoms with van der Waals surface area (Å²) >= 11 is 13.6. The van der Waals surface area contributed by atoms with Crippen LogP contribution in [0.5, 0.6) is 0 Å². The van der Waals surface area contributed by atoms with E-state index in [1.165, 1.54) is 22.7 Å². The van der Waals surface area contributed by atoms with Gasteiger partial charge in [-0.2, -0.15) is 5.26 Å². The largest absolute Gasteiger partial charge is 0.348 e. The van der Waals surface area contributed by atoms with Crippen LogP contribution in [0.25, 0.3) is 0 Å². The third-order valence-corrected chi connectivity index (χ3v) is 7.07. The molecule has 2 aromatic carbocycles. The second kappa shape index (κ2) is 10.7. The Labute approximate surface area is 201 Å². The molecule has 8 heteroatoms. The summed E-state index contributed by atoms with van der Waals surface area (Å²) in [6.07, 6.45) is 2.69. The van der Waals surface area contributed by atoms with Crippen molar-refractivity contribution >= 4 is 52.5 Å². The molecule has 0 bridgehead atoms. The lowest BCUT2D eigenvalue weighted by atomic mass is 10.1. The number of amides is 2. The maximum Gasteiger partial charge on any atom is 0.264 e. The summed E-state index contributed by atoms with van der Waals surface area (Å²) < 4.78 is 0. The SMILES string of the molecule is C=CCNC(=O)/C(C#N)=C1\SC(Cc2cccc(Cl)c2Cl)C(=O)N1c1ccc(CC)cc1. The second-order valence-corrected chi connectivity index (χ2v) is 8.98. The Morgan fingerprint density at radius 2 is 2.00 bits per heavy atom. The molecule has 32 heavy (non-hydrogen) atoms. The number of halogens is 2. The zero-order valence-corrected chi connectivity index (χ0v) is 19.7. The summed E-state index contributed by atoms with van der Waals surface area (Å²) in [5.74, 6) is -0.783. The molecule has 1 N–H and O–H groups in total. The number of hydrogen-bond acceptors (Lipinski definition) is 4. The van der Waals surface area contributed by atoms with E-state index in [-0.39, 0.29) is 18.0 Å². The number of hydrogen-bond donors (Lipinski definition) is 1. The smallest absolute Gasteiger partial charge is 0.264 e. The van der Waals surface area contributed by atoms with Crippen LogP contribution >= 0.6 is 35.0 Å². The van der Waals surface area contributed by atoms with Gasteiger partial charge in [0.1, 0.15) is 16.7 Å². The summed E-state index contributed by atoms with van der Waals surface area (Å²) in [7, 11) is 0. The van der Waals surface area contributed by atoms with Crippen molar-refractivity contribution < 1.29 is 9.59 Å². The molecule has 1 atom stereocenters. The lowest BCUT2D eigenvalue weighted by Gasteiger charge is -2.19. The van der Waals surface area contributed by atoms with Crippen molar-refractivity contribution in [1.82, 2.24) is 5.32 Å². The fourth-order valence-corrected chi connectivity index (χ4v) is 4.95. The first kappa shape index (κ1) is 23.9. The maximum atomic E-state index is 13.5. The molecule has 2 amide bonds. The molecule has 1 aliphatic heterocycles. The van der Waals surface area contributed by atoms with Gasteiger partial charge in [0.15, 0.2) is 0 Å². The molecule has 0 radical (unpaired) electrons. The van der Waals surface area contributed by atoms with Crippen LogP contribution in [-0.4, -0.2) is 23.6 Å². The number of benzene rings is 2. The number of carbonyl (C=O) groups is 2. The quantitative estimate of drug-likeness (QED) is 0.328. The third kappa shape index (κ3) is 5.02. The van der Waals surface area contributed by atoms with Crippen LogP contribution in [0.15, 0.2) is 65.7 Å². The maximum absolute atomic E-state index is 13.5. The van der Waals surface area contributed by atoms with E-state index in [9.17, 15) is 14.9 Å². The van der Waals surface area contributed by atoms with Gasteiger partial charge < -0.3 is 5.32 Å². The third-order valence-electron chi connectivity index (χ3n) is 4.95. The summed E-state index contributed by atoms with van der Waals surface area (Å²) in [6.45, 7) is 5.83. The first-order chi connectivity index (χ1) is 15.4. The van der Waals surface area contributed by atoms with E-state index in [4.69, 9.17) is 23.2 Å². The molecule has 5 nitrogen and oxygen atoms in total. The highest BCUT2D eigenvalue weighted by Crippen LogP contribution is 2.42. The normalized spacial score (nSPS) is 17.1. The highest BCUT2D eigenvalue weighted by molar-refractivity contribution is 8.05. The summed E-state index contributed by atoms with van der Waals surface area (Å²) in [4.78, 5) is 27.5. The van der Waals surface area contributed by atoms with Crippen molar-refractivity contribution in [1.29, 1.82) is 5.26 Å². The van der Waals surface area contributed by atoms with Crippen LogP contribution in [0.1, 0.15) is 18.1 Å². The van der Waals surface area contributed by atoms with Gasteiger partial charge in [-0.15, -0.1) is 6.58 Å². The molecular weight excluding hydrogens is 465 g/mol. The van der Waals surface area contributed by atoms with Gasteiger partial charge in [-0.25, -0.2) is 0 Å². The van der Waals surface area contributed by atoms with Crippen molar-refractivity contribution in [2.75, 3.05) is 11.4 Å². The Kier molecular flexibility index (Phi) is 8.03. The standard InChI is InChI=1S/C24H21Cl2N3O2S/c1-3-12-28-22(30)18(14-27)24-29(17-10-8-15(4-2)9-11-17)23(31)20(32-24)13-16-6-5-7-19(25)21(16)26/h3,5-11,20H,1,4,12-13H2,2H3,(H,28,30)/b24-18-. The first-order valence-electron chi connectivity index (χ1n) is 9.97. The predicted molar refractivity (Wildman–Crippen MR) is 131 cm³/mol. The number of anilines is 1. The van der Waals surface area contributed by atoms with Crippen LogP contribution < -0.4 is 10.2 Å². The molecule has 3 rings (SSSR count). The fourth-order valence-electron chi connectivity index (χ4n) is 3.26. The molecule has 0 saturated carbocycles. The second-order valence-electron chi connectivity index (χ2n) is 7.01. The summed E-state index contributed by atoms with van der Waals surface area (Å²) in [5, 5.41) is 12.9. The molecule has 1 unspecified atom stereocenters. The van der Waals surface area contributed by atoms with Crippen LogP contribution in [0.4, 0.5) is 5.69 Å². The monoisotopic (exact) mass is 485 g/mol. The molecule has 0 spiro atoms. The van der Waals surface area contributed by atoms with Crippen molar-refractivity contribution in [3.8, 4) is 6.07 Å². The lowest BCUT2D eigenvalue weighted by molar-refractivity contribution is -0.117. The van der Waals surface area contributed by atoms with E-state index < -0.39 is 11.2 Å². The minimum Gasteiger partial charge on any atom is -0.348 e. The molecule has 2 aromatic rings. The molecule has 0 aromatic heterocycles. The zero-order chi connectivity index (χ0) is 23.3. The summed E-state index contributed by atoms with van der Waals surface area (Å²) in [5.41, 5.74) is 2.32. The van der Waals surface area contributed by atoms with E-state index in [1.54, 1.807) is 12.1 Å². The van der Waals surface area contributed by atoms with Crippen LogP contribution in [0, 0.1) is 11.3 Å². The van der Waals surface area contributed by atoms with E-state index in [1.807, 2.05) is 43.3 Å². The van der Waals surface area contributed by atoms with Gasteiger partial charge >= 0.3 is 0 Å². The Morgan fingerprint density at radius 1 is 1.28 bits per heavy atom. The van der Waals surface area contributed by atoms with Gasteiger partial charge in [-0.05, 0) is 42.2 Å². The summed E-state index contributed by atoms with van der Waals surface area (Å²) in [6, 6.07) is 14.7. The van der Waals surface area contributed by atoms with E-state index in [0.29, 0.717) is 27.2 Å². The highest BCUT2D eigenvalue weighted by Gasteiger charge is 2.41. The van der Waals surface area contributed by atoms with Crippen molar-refractivity contribution in [3.05, 3.63) is 86.9 Å². The van der Waals surface area contributed by atoms with Gasteiger partial charge in [-0.3, -0.25) is 14.5 Å². The zero-order valence-electron chi connectivity index (χ0n) is 17.4. The van der Waals surface area contributed by atoms with Crippen LogP contribution in [-0.2, 0) is 22.4 Å². The van der Waals surface area contributed by atoms with Crippen molar-refractivity contribution in [2.24, 2.45) is 0 Å². The minimum absolute atomic E-state index is 0.121. The number of thioether (sulfide) groups is 1. The highest BCUT2D eigenvalue weighted by atomic mass is 35.5. The molecule has 1 saturated heterocycles. The number of carbonyl (C=O) groups excluding carboxylic acids is 2.